The maximum Gasteiger partial charge on any atom is 0.408 e. The van der Waals surface area contributed by atoms with E-state index < -0.39 is 17.6 Å². The second-order valence-corrected chi connectivity index (χ2v) is 7.13. The molecule has 0 saturated carbocycles. The smallest absolute Gasteiger partial charge is 0.408 e. The first kappa shape index (κ1) is 18.8. The molecule has 1 heterocycles. The van der Waals surface area contributed by atoms with Crippen LogP contribution in [0.25, 0.3) is 17.0 Å². The summed E-state index contributed by atoms with van der Waals surface area (Å²) in [5, 5.41) is 3.82. The number of ether oxygens (including phenoxy) is 2. The van der Waals surface area contributed by atoms with Crippen LogP contribution >= 0.6 is 0 Å². The second kappa shape index (κ2) is 7.83. The summed E-state index contributed by atoms with van der Waals surface area (Å²) >= 11 is 0. The van der Waals surface area contributed by atoms with E-state index in [-0.39, 0.29) is 6.61 Å². The van der Waals surface area contributed by atoms with Crippen molar-refractivity contribution in [2.75, 3.05) is 7.11 Å². The van der Waals surface area contributed by atoms with Crippen molar-refractivity contribution in [1.29, 1.82) is 0 Å². The number of esters is 1. The molecular formula is C23H22N2O4. The molecule has 4 rings (SSSR count). The molecule has 0 radical (unpaired) electrons. The number of benzene rings is 2. The van der Waals surface area contributed by atoms with E-state index >= 15 is 0 Å². The lowest BCUT2D eigenvalue weighted by Crippen LogP contribution is -2.56. The van der Waals surface area contributed by atoms with E-state index in [1.54, 1.807) is 0 Å². The largest absolute Gasteiger partial charge is 0.467 e. The molecule has 148 valence electrons. The predicted molar refractivity (Wildman–Crippen MR) is 110 cm³/mol. The lowest BCUT2D eigenvalue weighted by Gasteiger charge is -2.31. The SMILES string of the molecule is COC(=O)C1(NC(=O)OCc2ccccc2)C/C=C\c2cccc3[nH]cc(c23)C1. The number of aromatic amines is 1. The van der Waals surface area contributed by atoms with Gasteiger partial charge in [0.25, 0.3) is 0 Å². The first-order valence-electron chi connectivity index (χ1n) is 9.44. The number of hydrogen-bond acceptors (Lipinski definition) is 4. The van der Waals surface area contributed by atoms with Crippen LogP contribution in [0.1, 0.15) is 23.1 Å². The number of hydrogen-bond donors (Lipinski definition) is 2. The Morgan fingerprint density at radius 3 is 2.76 bits per heavy atom. The van der Waals surface area contributed by atoms with Gasteiger partial charge in [0.1, 0.15) is 12.1 Å². The van der Waals surface area contributed by atoms with E-state index in [1.165, 1.54) is 7.11 Å². The number of rotatable bonds is 4. The predicted octanol–water partition coefficient (Wildman–Crippen LogP) is 3.97. The van der Waals surface area contributed by atoms with Gasteiger partial charge in [-0.3, -0.25) is 0 Å². The molecule has 6 heteroatoms. The molecule has 1 aliphatic rings. The lowest BCUT2D eigenvalue weighted by molar-refractivity contribution is -0.148. The van der Waals surface area contributed by atoms with Crippen molar-refractivity contribution in [3.8, 4) is 0 Å². The zero-order chi connectivity index (χ0) is 20.3. The Morgan fingerprint density at radius 1 is 1.14 bits per heavy atom. The molecule has 3 aromatic rings. The highest BCUT2D eigenvalue weighted by molar-refractivity contribution is 5.94. The molecule has 1 aromatic heterocycles. The zero-order valence-corrected chi connectivity index (χ0v) is 16.1. The molecule has 29 heavy (non-hydrogen) atoms. The number of amides is 1. The second-order valence-electron chi connectivity index (χ2n) is 7.13. The van der Waals surface area contributed by atoms with E-state index in [4.69, 9.17) is 9.47 Å². The Morgan fingerprint density at radius 2 is 1.97 bits per heavy atom. The number of aromatic nitrogens is 1. The molecule has 1 atom stereocenters. The fourth-order valence-electron chi connectivity index (χ4n) is 3.80. The van der Waals surface area contributed by atoms with Gasteiger partial charge in [0.2, 0.25) is 0 Å². The molecular weight excluding hydrogens is 368 g/mol. The number of nitrogens with one attached hydrogen (secondary N) is 2. The maximum absolute atomic E-state index is 12.8. The fourth-order valence-corrected chi connectivity index (χ4v) is 3.80. The topological polar surface area (TPSA) is 80.4 Å². The Hall–Kier alpha value is -3.54. The molecule has 0 aliphatic heterocycles. The van der Waals surface area contributed by atoms with E-state index in [0.717, 1.165) is 27.6 Å². The standard InChI is InChI=1S/C23H22N2O4/c1-28-21(26)23(25-22(27)29-15-16-7-3-2-4-8-16)12-6-10-17-9-5-11-19-20(17)18(13-23)14-24-19/h2-11,14,24H,12-13,15H2,1H3,(H,25,27)/b10-6-. The minimum absolute atomic E-state index is 0.122. The molecule has 2 N–H and O–H groups in total. The highest BCUT2D eigenvalue weighted by Crippen LogP contribution is 2.31. The Bertz CT molecular complexity index is 1070. The average molecular weight is 390 g/mol. The molecule has 6 nitrogen and oxygen atoms in total. The summed E-state index contributed by atoms with van der Waals surface area (Å²) in [6.45, 7) is 0.122. The Labute approximate surface area is 168 Å². The summed E-state index contributed by atoms with van der Waals surface area (Å²) in [6.07, 6.45) is 5.66. The van der Waals surface area contributed by atoms with Gasteiger partial charge < -0.3 is 19.8 Å². The molecule has 0 spiro atoms. The molecule has 1 amide bonds. The number of carbonyl (C=O) groups is 2. The fraction of sp³-hybridized carbons (Fsp3) is 0.217. The van der Waals surface area contributed by atoms with Crippen LogP contribution in [0.5, 0.6) is 0 Å². The highest BCUT2D eigenvalue weighted by Gasteiger charge is 2.42. The van der Waals surface area contributed by atoms with Crippen molar-refractivity contribution in [2.24, 2.45) is 0 Å². The van der Waals surface area contributed by atoms with Crippen molar-refractivity contribution in [3.05, 3.63) is 77.5 Å². The Kier molecular flexibility index (Phi) is 5.08. The molecule has 0 saturated heterocycles. The van der Waals surface area contributed by atoms with Crippen LogP contribution in [0.3, 0.4) is 0 Å². The van der Waals surface area contributed by atoms with Crippen molar-refractivity contribution >= 4 is 29.0 Å². The van der Waals surface area contributed by atoms with Crippen LogP contribution in [0.4, 0.5) is 4.79 Å². The molecule has 2 aromatic carbocycles. The van der Waals surface area contributed by atoms with Crippen LogP contribution in [-0.2, 0) is 27.3 Å². The summed E-state index contributed by atoms with van der Waals surface area (Å²) in [4.78, 5) is 28.6. The number of carbonyl (C=O) groups excluding carboxylic acids is 2. The van der Waals surface area contributed by atoms with Crippen LogP contribution in [-0.4, -0.2) is 29.7 Å². The van der Waals surface area contributed by atoms with Crippen LogP contribution in [0.15, 0.2) is 60.8 Å². The van der Waals surface area contributed by atoms with Crippen LogP contribution < -0.4 is 5.32 Å². The number of methoxy groups -OCH3 is 1. The average Bonchev–Trinajstić information content (AvgIpc) is 3.14. The van der Waals surface area contributed by atoms with Gasteiger partial charge >= 0.3 is 12.1 Å². The van der Waals surface area contributed by atoms with Crippen LogP contribution in [0.2, 0.25) is 0 Å². The van der Waals surface area contributed by atoms with E-state index in [0.29, 0.717) is 12.8 Å². The third-order valence-corrected chi connectivity index (χ3v) is 5.21. The summed E-state index contributed by atoms with van der Waals surface area (Å²) in [6, 6.07) is 15.4. The van der Waals surface area contributed by atoms with Gasteiger partial charge in [-0.2, -0.15) is 0 Å². The first-order valence-corrected chi connectivity index (χ1v) is 9.44. The highest BCUT2D eigenvalue weighted by atomic mass is 16.6. The van der Waals surface area contributed by atoms with Gasteiger partial charge in [-0.1, -0.05) is 54.6 Å². The van der Waals surface area contributed by atoms with Gasteiger partial charge in [0.05, 0.1) is 7.11 Å². The summed E-state index contributed by atoms with van der Waals surface area (Å²) in [5.41, 5.74) is 2.61. The van der Waals surface area contributed by atoms with E-state index in [9.17, 15) is 9.59 Å². The van der Waals surface area contributed by atoms with Gasteiger partial charge in [-0.25, -0.2) is 9.59 Å². The molecule has 1 aliphatic carbocycles. The van der Waals surface area contributed by atoms with Crippen molar-refractivity contribution in [2.45, 2.75) is 25.0 Å². The molecule has 0 bridgehead atoms. The van der Waals surface area contributed by atoms with Gasteiger partial charge in [0.15, 0.2) is 0 Å². The summed E-state index contributed by atoms with van der Waals surface area (Å²) in [5.74, 6) is -0.507. The first-order chi connectivity index (χ1) is 14.1. The normalized spacial score (nSPS) is 19.1. The zero-order valence-electron chi connectivity index (χ0n) is 16.1. The molecule has 1 unspecified atom stereocenters. The summed E-state index contributed by atoms with van der Waals surface area (Å²) in [7, 11) is 1.32. The van der Waals surface area contributed by atoms with Crippen LogP contribution in [0, 0.1) is 0 Å². The maximum atomic E-state index is 12.8. The van der Waals surface area contributed by atoms with Gasteiger partial charge in [-0.15, -0.1) is 0 Å². The summed E-state index contributed by atoms with van der Waals surface area (Å²) < 4.78 is 10.4. The van der Waals surface area contributed by atoms with Crippen molar-refractivity contribution in [1.82, 2.24) is 10.3 Å². The quantitative estimate of drug-likeness (QED) is 0.661. The third kappa shape index (κ3) is 3.74. The van der Waals surface area contributed by atoms with E-state index in [2.05, 4.69) is 10.3 Å². The monoisotopic (exact) mass is 390 g/mol. The number of H-pyrrole nitrogens is 1. The minimum atomic E-state index is -1.25. The van der Waals surface area contributed by atoms with Gasteiger partial charge in [0, 0.05) is 23.5 Å². The lowest BCUT2D eigenvalue weighted by atomic mass is 9.84. The van der Waals surface area contributed by atoms with Crippen molar-refractivity contribution < 1.29 is 19.1 Å². The number of alkyl carbamates (subject to hydrolysis) is 1. The third-order valence-electron chi connectivity index (χ3n) is 5.21. The van der Waals surface area contributed by atoms with Crippen molar-refractivity contribution in [3.63, 3.8) is 0 Å². The Balaban J connectivity index is 1.61. The van der Waals surface area contributed by atoms with E-state index in [1.807, 2.05) is 66.9 Å². The van der Waals surface area contributed by atoms with Gasteiger partial charge in [-0.05, 0) is 29.2 Å². The molecule has 0 fully saturated rings. The minimum Gasteiger partial charge on any atom is -0.467 e.